The summed E-state index contributed by atoms with van der Waals surface area (Å²) >= 11 is 3.52. The Bertz CT molecular complexity index is 598. The SMILES string of the molecule is CC(CCc1ccco1)NCc1cc(Br)c2c(c1)OCO2. The minimum absolute atomic E-state index is 0.296. The number of hydrogen-bond donors (Lipinski definition) is 1. The van der Waals surface area contributed by atoms with Gasteiger partial charge in [-0.05, 0) is 59.1 Å². The molecule has 0 bridgehead atoms. The van der Waals surface area contributed by atoms with Crippen LogP contribution in [0.15, 0.2) is 39.4 Å². The standard InChI is InChI=1S/C16H18BrNO3/c1-11(4-5-13-3-2-6-19-13)18-9-12-7-14(17)16-15(8-12)20-10-21-16/h2-3,6-8,11,18H,4-5,9-10H2,1H3. The Balaban J connectivity index is 1.51. The summed E-state index contributed by atoms with van der Waals surface area (Å²) in [6.45, 7) is 3.28. The summed E-state index contributed by atoms with van der Waals surface area (Å²) in [5, 5.41) is 3.52. The van der Waals surface area contributed by atoms with Crippen LogP contribution in [0.25, 0.3) is 0 Å². The van der Waals surface area contributed by atoms with Crippen molar-refractivity contribution in [3.8, 4) is 11.5 Å². The predicted octanol–water partition coefficient (Wildman–Crippen LogP) is 3.88. The van der Waals surface area contributed by atoms with Crippen molar-refractivity contribution in [2.45, 2.75) is 32.4 Å². The van der Waals surface area contributed by atoms with Crippen molar-refractivity contribution in [1.29, 1.82) is 0 Å². The number of ether oxygens (including phenoxy) is 2. The van der Waals surface area contributed by atoms with E-state index in [0.717, 1.165) is 41.1 Å². The quantitative estimate of drug-likeness (QED) is 0.857. The van der Waals surface area contributed by atoms with Gasteiger partial charge in [0.15, 0.2) is 11.5 Å². The second-order valence-corrected chi connectivity index (χ2v) is 6.07. The third-order valence-electron chi connectivity index (χ3n) is 3.55. The summed E-state index contributed by atoms with van der Waals surface area (Å²) in [7, 11) is 0. The molecule has 0 saturated heterocycles. The first-order chi connectivity index (χ1) is 10.2. The lowest BCUT2D eigenvalue weighted by atomic mass is 10.1. The van der Waals surface area contributed by atoms with Crippen molar-refractivity contribution in [3.05, 3.63) is 46.3 Å². The highest BCUT2D eigenvalue weighted by atomic mass is 79.9. The molecule has 0 radical (unpaired) electrons. The van der Waals surface area contributed by atoms with Gasteiger partial charge in [0.2, 0.25) is 6.79 Å². The van der Waals surface area contributed by atoms with Gasteiger partial charge in [0.25, 0.3) is 0 Å². The van der Waals surface area contributed by atoms with Crippen molar-refractivity contribution < 1.29 is 13.9 Å². The molecule has 3 rings (SSSR count). The Labute approximate surface area is 132 Å². The molecule has 0 spiro atoms. The average Bonchev–Trinajstić information content (AvgIpc) is 3.14. The molecule has 0 fully saturated rings. The lowest BCUT2D eigenvalue weighted by Crippen LogP contribution is -2.25. The Morgan fingerprint density at radius 3 is 3.05 bits per heavy atom. The molecule has 1 aromatic carbocycles. The fourth-order valence-corrected chi connectivity index (χ4v) is 2.93. The third-order valence-corrected chi connectivity index (χ3v) is 4.13. The molecule has 1 aromatic heterocycles. The normalized spacial score (nSPS) is 14.4. The Kier molecular flexibility index (Phi) is 4.51. The van der Waals surface area contributed by atoms with Crippen LogP contribution in [-0.4, -0.2) is 12.8 Å². The van der Waals surface area contributed by atoms with Gasteiger partial charge >= 0.3 is 0 Å². The van der Waals surface area contributed by atoms with Crippen LogP contribution in [0, 0.1) is 0 Å². The van der Waals surface area contributed by atoms with E-state index in [9.17, 15) is 0 Å². The van der Waals surface area contributed by atoms with Crippen LogP contribution >= 0.6 is 15.9 Å². The largest absolute Gasteiger partial charge is 0.469 e. The molecule has 21 heavy (non-hydrogen) atoms. The lowest BCUT2D eigenvalue weighted by Gasteiger charge is -2.13. The van der Waals surface area contributed by atoms with Crippen molar-refractivity contribution in [1.82, 2.24) is 5.32 Å². The summed E-state index contributed by atoms with van der Waals surface area (Å²) in [5.74, 6) is 2.64. The number of aryl methyl sites for hydroxylation is 1. The van der Waals surface area contributed by atoms with Crippen LogP contribution < -0.4 is 14.8 Å². The van der Waals surface area contributed by atoms with E-state index in [4.69, 9.17) is 13.9 Å². The van der Waals surface area contributed by atoms with Crippen LogP contribution in [0.5, 0.6) is 11.5 Å². The third kappa shape index (κ3) is 3.60. The van der Waals surface area contributed by atoms with Gasteiger partial charge in [-0.1, -0.05) is 0 Å². The van der Waals surface area contributed by atoms with E-state index in [0.29, 0.717) is 12.8 Å². The molecule has 1 aliphatic heterocycles. The Morgan fingerprint density at radius 2 is 2.24 bits per heavy atom. The van der Waals surface area contributed by atoms with Gasteiger partial charge in [-0.3, -0.25) is 0 Å². The topological polar surface area (TPSA) is 43.6 Å². The molecule has 1 atom stereocenters. The first-order valence-electron chi connectivity index (χ1n) is 7.06. The second-order valence-electron chi connectivity index (χ2n) is 5.21. The van der Waals surface area contributed by atoms with E-state index in [1.807, 2.05) is 18.2 Å². The average molecular weight is 352 g/mol. The van der Waals surface area contributed by atoms with E-state index in [1.54, 1.807) is 6.26 Å². The van der Waals surface area contributed by atoms with Gasteiger partial charge < -0.3 is 19.2 Å². The van der Waals surface area contributed by atoms with E-state index in [-0.39, 0.29) is 0 Å². The summed E-state index contributed by atoms with van der Waals surface area (Å²) in [5.41, 5.74) is 1.18. The number of halogens is 1. The number of benzene rings is 1. The molecular weight excluding hydrogens is 334 g/mol. The second kappa shape index (κ2) is 6.54. The number of nitrogens with one attached hydrogen (secondary N) is 1. The zero-order chi connectivity index (χ0) is 14.7. The first-order valence-corrected chi connectivity index (χ1v) is 7.85. The number of rotatable bonds is 6. The Hall–Kier alpha value is -1.46. The maximum absolute atomic E-state index is 5.43. The van der Waals surface area contributed by atoms with Gasteiger partial charge in [0.1, 0.15) is 5.76 Å². The monoisotopic (exact) mass is 351 g/mol. The minimum Gasteiger partial charge on any atom is -0.469 e. The molecule has 5 heteroatoms. The fraction of sp³-hybridized carbons (Fsp3) is 0.375. The maximum atomic E-state index is 5.43. The minimum atomic E-state index is 0.296. The molecule has 0 saturated carbocycles. The van der Waals surface area contributed by atoms with Crippen LogP contribution in [0.2, 0.25) is 0 Å². The summed E-state index contributed by atoms with van der Waals surface area (Å²) < 4.78 is 17.1. The highest BCUT2D eigenvalue weighted by molar-refractivity contribution is 9.10. The highest BCUT2D eigenvalue weighted by Gasteiger charge is 2.18. The molecule has 112 valence electrons. The highest BCUT2D eigenvalue weighted by Crippen LogP contribution is 2.39. The zero-order valence-electron chi connectivity index (χ0n) is 11.9. The molecule has 1 N–H and O–H groups in total. The molecule has 0 amide bonds. The summed E-state index contributed by atoms with van der Waals surface area (Å²) in [6, 6.07) is 8.46. The lowest BCUT2D eigenvalue weighted by molar-refractivity contribution is 0.173. The van der Waals surface area contributed by atoms with E-state index in [2.05, 4.69) is 34.2 Å². The van der Waals surface area contributed by atoms with Gasteiger partial charge in [-0.15, -0.1) is 0 Å². The molecular formula is C16H18BrNO3. The van der Waals surface area contributed by atoms with Crippen molar-refractivity contribution in [3.63, 3.8) is 0 Å². The number of hydrogen-bond acceptors (Lipinski definition) is 4. The molecule has 0 aliphatic carbocycles. The predicted molar refractivity (Wildman–Crippen MR) is 83.6 cm³/mol. The first kappa shape index (κ1) is 14.5. The maximum Gasteiger partial charge on any atom is 0.231 e. The summed E-state index contributed by atoms with van der Waals surface area (Å²) in [6.07, 6.45) is 3.71. The van der Waals surface area contributed by atoms with Crippen LogP contribution in [-0.2, 0) is 13.0 Å². The van der Waals surface area contributed by atoms with E-state index < -0.39 is 0 Å². The molecule has 4 nitrogen and oxygen atoms in total. The van der Waals surface area contributed by atoms with Crippen molar-refractivity contribution in [2.75, 3.05) is 6.79 Å². The molecule has 1 unspecified atom stereocenters. The summed E-state index contributed by atoms with van der Waals surface area (Å²) in [4.78, 5) is 0. The van der Waals surface area contributed by atoms with Crippen molar-refractivity contribution >= 4 is 15.9 Å². The van der Waals surface area contributed by atoms with Crippen molar-refractivity contribution in [2.24, 2.45) is 0 Å². The molecule has 1 aliphatic rings. The van der Waals surface area contributed by atoms with E-state index >= 15 is 0 Å². The number of furan rings is 1. The molecule has 2 heterocycles. The van der Waals surface area contributed by atoms with Gasteiger partial charge in [0, 0.05) is 19.0 Å². The zero-order valence-corrected chi connectivity index (χ0v) is 13.5. The fourth-order valence-electron chi connectivity index (χ4n) is 2.33. The van der Waals surface area contributed by atoms with Crippen LogP contribution in [0.4, 0.5) is 0 Å². The number of fused-ring (bicyclic) bond motifs is 1. The van der Waals surface area contributed by atoms with Gasteiger partial charge in [-0.2, -0.15) is 0 Å². The van der Waals surface area contributed by atoms with E-state index in [1.165, 1.54) is 5.56 Å². The Morgan fingerprint density at radius 1 is 1.33 bits per heavy atom. The van der Waals surface area contributed by atoms with Crippen LogP contribution in [0.1, 0.15) is 24.7 Å². The molecule has 2 aromatic rings. The van der Waals surface area contributed by atoms with Gasteiger partial charge in [0.05, 0.1) is 10.7 Å². The van der Waals surface area contributed by atoms with Gasteiger partial charge in [-0.25, -0.2) is 0 Å². The van der Waals surface area contributed by atoms with Crippen LogP contribution in [0.3, 0.4) is 0 Å². The smallest absolute Gasteiger partial charge is 0.231 e.